The van der Waals surface area contributed by atoms with E-state index in [1.54, 1.807) is 7.11 Å². The standard InChI is InChI=1S/C17H21NO4/c1-20-15-7-11-6-13-10-21-17(19)18(13)9-12(11)8-16(15)22-14-4-2-3-5-14/h7-8,13-14H,2-6,9-10H2,1H3. The molecular weight excluding hydrogens is 282 g/mol. The summed E-state index contributed by atoms with van der Waals surface area (Å²) < 4.78 is 16.8. The molecule has 0 bridgehead atoms. The van der Waals surface area contributed by atoms with Gasteiger partial charge in [0.1, 0.15) is 6.61 Å². The minimum absolute atomic E-state index is 0.159. The largest absolute Gasteiger partial charge is 0.493 e. The molecule has 22 heavy (non-hydrogen) atoms. The molecule has 1 aromatic rings. The number of fused-ring (bicyclic) bond motifs is 2. The molecule has 1 saturated carbocycles. The molecule has 2 fully saturated rings. The van der Waals surface area contributed by atoms with Crippen LogP contribution in [0.4, 0.5) is 4.79 Å². The highest BCUT2D eigenvalue weighted by molar-refractivity contribution is 5.71. The summed E-state index contributed by atoms with van der Waals surface area (Å²) in [5.41, 5.74) is 2.37. The number of carbonyl (C=O) groups is 1. The van der Waals surface area contributed by atoms with E-state index in [2.05, 4.69) is 6.07 Å². The van der Waals surface area contributed by atoms with Crippen molar-refractivity contribution < 1.29 is 19.0 Å². The molecule has 0 aromatic heterocycles. The van der Waals surface area contributed by atoms with Gasteiger partial charge in [0.15, 0.2) is 11.5 Å². The van der Waals surface area contributed by atoms with Crippen LogP contribution < -0.4 is 9.47 Å². The molecule has 118 valence electrons. The van der Waals surface area contributed by atoms with Crippen molar-refractivity contribution in [3.05, 3.63) is 23.3 Å². The maximum absolute atomic E-state index is 11.8. The maximum atomic E-state index is 11.8. The lowest BCUT2D eigenvalue weighted by molar-refractivity contribution is 0.155. The Balaban J connectivity index is 1.63. The van der Waals surface area contributed by atoms with Crippen molar-refractivity contribution in [3.63, 3.8) is 0 Å². The molecule has 0 N–H and O–H groups in total. The van der Waals surface area contributed by atoms with Gasteiger partial charge in [0.05, 0.1) is 19.3 Å². The molecule has 1 saturated heterocycles. The third-order valence-corrected chi connectivity index (χ3v) is 4.95. The van der Waals surface area contributed by atoms with E-state index in [1.807, 2.05) is 11.0 Å². The van der Waals surface area contributed by atoms with Crippen LogP contribution in [0, 0.1) is 0 Å². The summed E-state index contributed by atoms with van der Waals surface area (Å²) in [4.78, 5) is 13.6. The average Bonchev–Trinajstić information content (AvgIpc) is 3.15. The third kappa shape index (κ3) is 2.28. The van der Waals surface area contributed by atoms with E-state index in [1.165, 1.54) is 18.4 Å². The molecule has 2 heterocycles. The molecule has 5 heteroatoms. The lowest BCUT2D eigenvalue weighted by atomic mass is 9.94. The van der Waals surface area contributed by atoms with E-state index in [0.717, 1.165) is 36.3 Å². The Bertz CT molecular complexity index is 595. The second kappa shape index (κ2) is 5.38. The van der Waals surface area contributed by atoms with Crippen molar-refractivity contribution in [1.82, 2.24) is 4.90 Å². The van der Waals surface area contributed by atoms with Crippen molar-refractivity contribution in [1.29, 1.82) is 0 Å². The summed E-state index contributed by atoms with van der Waals surface area (Å²) >= 11 is 0. The number of rotatable bonds is 3. The first-order valence-electron chi connectivity index (χ1n) is 8.04. The van der Waals surface area contributed by atoms with Crippen LogP contribution in [0.3, 0.4) is 0 Å². The number of nitrogens with zero attached hydrogens (tertiary/aromatic N) is 1. The second-order valence-electron chi connectivity index (χ2n) is 6.36. The topological polar surface area (TPSA) is 48.0 Å². The molecule has 5 nitrogen and oxygen atoms in total. The molecule has 0 spiro atoms. The molecule has 4 rings (SSSR count). The highest BCUT2D eigenvalue weighted by Gasteiger charge is 2.37. The Morgan fingerprint density at radius 2 is 1.95 bits per heavy atom. The van der Waals surface area contributed by atoms with Gasteiger partial charge < -0.3 is 14.2 Å². The second-order valence-corrected chi connectivity index (χ2v) is 6.36. The number of hydrogen-bond donors (Lipinski definition) is 0. The highest BCUT2D eigenvalue weighted by Crippen LogP contribution is 2.38. The van der Waals surface area contributed by atoms with Gasteiger partial charge in [-0.05, 0) is 55.4 Å². The SMILES string of the molecule is COc1cc2c(cc1OC1CCCC1)CN1C(=O)OCC1C2. The zero-order chi connectivity index (χ0) is 15.1. The Morgan fingerprint density at radius 3 is 2.73 bits per heavy atom. The number of cyclic esters (lactones) is 1. The minimum atomic E-state index is -0.204. The predicted octanol–water partition coefficient (Wildman–Crippen LogP) is 2.89. The molecule has 0 radical (unpaired) electrons. The van der Waals surface area contributed by atoms with Crippen LogP contribution in [0.1, 0.15) is 36.8 Å². The smallest absolute Gasteiger partial charge is 0.410 e. The Labute approximate surface area is 130 Å². The number of methoxy groups -OCH3 is 1. The summed E-state index contributed by atoms with van der Waals surface area (Å²) in [6.07, 6.45) is 5.60. The van der Waals surface area contributed by atoms with Gasteiger partial charge in [-0.2, -0.15) is 0 Å². The van der Waals surface area contributed by atoms with Crippen molar-refractivity contribution >= 4 is 6.09 Å². The first-order valence-corrected chi connectivity index (χ1v) is 8.04. The van der Waals surface area contributed by atoms with Crippen molar-refractivity contribution in [2.24, 2.45) is 0 Å². The van der Waals surface area contributed by atoms with Crippen LogP contribution >= 0.6 is 0 Å². The third-order valence-electron chi connectivity index (χ3n) is 4.95. The van der Waals surface area contributed by atoms with E-state index < -0.39 is 0 Å². The number of benzene rings is 1. The Hall–Kier alpha value is -1.91. The fourth-order valence-corrected chi connectivity index (χ4v) is 3.71. The van der Waals surface area contributed by atoms with Gasteiger partial charge in [-0.15, -0.1) is 0 Å². The molecule has 1 aromatic carbocycles. The van der Waals surface area contributed by atoms with E-state index >= 15 is 0 Å². The van der Waals surface area contributed by atoms with Gasteiger partial charge in [0.25, 0.3) is 0 Å². The zero-order valence-corrected chi connectivity index (χ0v) is 12.8. The molecule has 1 atom stereocenters. The molecular formula is C17H21NO4. The minimum Gasteiger partial charge on any atom is -0.493 e. The van der Waals surface area contributed by atoms with Crippen LogP contribution in [-0.4, -0.2) is 36.9 Å². The van der Waals surface area contributed by atoms with E-state index in [0.29, 0.717) is 19.3 Å². The number of carbonyl (C=O) groups excluding carboxylic acids is 1. The molecule has 1 unspecified atom stereocenters. The van der Waals surface area contributed by atoms with Crippen LogP contribution in [0.25, 0.3) is 0 Å². The lowest BCUT2D eigenvalue weighted by Gasteiger charge is -2.30. The van der Waals surface area contributed by atoms with Gasteiger partial charge >= 0.3 is 6.09 Å². The normalized spacial score (nSPS) is 24.0. The van der Waals surface area contributed by atoms with Gasteiger partial charge in [-0.25, -0.2) is 4.79 Å². The van der Waals surface area contributed by atoms with E-state index in [4.69, 9.17) is 14.2 Å². The van der Waals surface area contributed by atoms with Crippen LogP contribution in [-0.2, 0) is 17.7 Å². The Morgan fingerprint density at radius 1 is 1.18 bits per heavy atom. The fraction of sp³-hybridized carbons (Fsp3) is 0.588. The highest BCUT2D eigenvalue weighted by atomic mass is 16.6. The van der Waals surface area contributed by atoms with Crippen molar-refractivity contribution in [2.75, 3.05) is 13.7 Å². The van der Waals surface area contributed by atoms with Crippen molar-refractivity contribution in [2.45, 2.75) is 50.8 Å². The van der Waals surface area contributed by atoms with Gasteiger partial charge in [0.2, 0.25) is 0 Å². The average molecular weight is 303 g/mol. The summed E-state index contributed by atoms with van der Waals surface area (Å²) in [6, 6.07) is 4.28. The molecule has 1 aliphatic carbocycles. The summed E-state index contributed by atoms with van der Waals surface area (Å²) in [7, 11) is 1.68. The van der Waals surface area contributed by atoms with Gasteiger partial charge in [-0.1, -0.05) is 0 Å². The quantitative estimate of drug-likeness (QED) is 0.861. The fourth-order valence-electron chi connectivity index (χ4n) is 3.71. The first-order chi connectivity index (χ1) is 10.7. The van der Waals surface area contributed by atoms with Crippen LogP contribution in [0.2, 0.25) is 0 Å². The lowest BCUT2D eigenvalue weighted by Crippen LogP contribution is -2.38. The summed E-state index contributed by atoms with van der Waals surface area (Å²) in [6.45, 7) is 1.09. The molecule has 1 amide bonds. The predicted molar refractivity (Wildman–Crippen MR) is 80.3 cm³/mol. The summed E-state index contributed by atoms with van der Waals surface area (Å²) in [5.74, 6) is 1.60. The number of hydrogen-bond acceptors (Lipinski definition) is 4. The van der Waals surface area contributed by atoms with Crippen LogP contribution in [0.15, 0.2) is 12.1 Å². The zero-order valence-electron chi connectivity index (χ0n) is 12.8. The van der Waals surface area contributed by atoms with Crippen molar-refractivity contribution in [3.8, 4) is 11.5 Å². The van der Waals surface area contributed by atoms with Crippen LogP contribution in [0.5, 0.6) is 11.5 Å². The van der Waals surface area contributed by atoms with E-state index in [9.17, 15) is 4.79 Å². The monoisotopic (exact) mass is 303 g/mol. The van der Waals surface area contributed by atoms with Gasteiger partial charge in [0, 0.05) is 6.54 Å². The summed E-state index contributed by atoms with van der Waals surface area (Å²) in [5, 5.41) is 0. The molecule has 3 aliphatic rings. The number of ether oxygens (including phenoxy) is 3. The first kappa shape index (κ1) is 13.7. The molecule has 2 aliphatic heterocycles. The Kier molecular flexibility index (Phi) is 3.36. The van der Waals surface area contributed by atoms with Gasteiger partial charge in [-0.3, -0.25) is 4.90 Å². The maximum Gasteiger partial charge on any atom is 0.410 e. The number of amides is 1. The van der Waals surface area contributed by atoms with E-state index in [-0.39, 0.29) is 12.1 Å².